The predicted octanol–water partition coefficient (Wildman–Crippen LogP) is 4.15. The zero-order valence-electron chi connectivity index (χ0n) is 19.1. The SMILES string of the molecule is COc1ccc(-c2cccc(CCC(=O)NCCCNc3n[nH]c(=O)c4ccccc34)c2)cc1. The maximum atomic E-state index is 12.3. The number of fused-ring (bicyclic) bond motifs is 1. The summed E-state index contributed by atoms with van der Waals surface area (Å²) in [7, 11) is 1.66. The second kappa shape index (κ2) is 11.1. The van der Waals surface area contributed by atoms with E-state index in [-0.39, 0.29) is 11.5 Å². The van der Waals surface area contributed by atoms with Crippen molar-refractivity contribution >= 4 is 22.5 Å². The molecule has 1 amide bonds. The number of ether oxygens (including phenoxy) is 1. The zero-order valence-corrected chi connectivity index (χ0v) is 19.1. The van der Waals surface area contributed by atoms with Gasteiger partial charge >= 0.3 is 0 Å². The Kier molecular flexibility index (Phi) is 7.55. The van der Waals surface area contributed by atoms with Crippen LogP contribution in [0.1, 0.15) is 18.4 Å². The summed E-state index contributed by atoms with van der Waals surface area (Å²) in [5.74, 6) is 1.50. The summed E-state index contributed by atoms with van der Waals surface area (Å²) in [5.41, 5.74) is 3.16. The number of benzene rings is 3. The molecule has 7 nitrogen and oxygen atoms in total. The Labute approximate surface area is 198 Å². The van der Waals surface area contributed by atoms with Gasteiger partial charge in [0.1, 0.15) is 5.75 Å². The molecule has 0 spiro atoms. The topological polar surface area (TPSA) is 96.1 Å². The Bertz CT molecular complexity index is 1320. The molecule has 174 valence electrons. The quantitative estimate of drug-likeness (QED) is 0.312. The molecule has 0 bridgehead atoms. The van der Waals surface area contributed by atoms with Crippen LogP contribution >= 0.6 is 0 Å². The number of methoxy groups -OCH3 is 1. The van der Waals surface area contributed by atoms with Crippen molar-refractivity contribution in [1.82, 2.24) is 15.5 Å². The number of amides is 1. The van der Waals surface area contributed by atoms with Gasteiger partial charge in [-0.15, -0.1) is 0 Å². The van der Waals surface area contributed by atoms with Gasteiger partial charge in [-0.05, 0) is 47.7 Å². The minimum absolute atomic E-state index is 0.0301. The van der Waals surface area contributed by atoms with Crippen LogP contribution in [-0.4, -0.2) is 36.3 Å². The van der Waals surface area contributed by atoms with Crippen LogP contribution in [0.3, 0.4) is 0 Å². The second-order valence-corrected chi connectivity index (χ2v) is 8.01. The van der Waals surface area contributed by atoms with E-state index < -0.39 is 0 Å². The predicted molar refractivity (Wildman–Crippen MR) is 135 cm³/mol. The minimum Gasteiger partial charge on any atom is -0.497 e. The monoisotopic (exact) mass is 456 g/mol. The first-order valence-corrected chi connectivity index (χ1v) is 11.4. The third-order valence-electron chi connectivity index (χ3n) is 5.66. The second-order valence-electron chi connectivity index (χ2n) is 8.01. The van der Waals surface area contributed by atoms with Crippen LogP contribution in [0.15, 0.2) is 77.6 Å². The molecular formula is C27H28N4O3. The summed E-state index contributed by atoms with van der Waals surface area (Å²) >= 11 is 0. The van der Waals surface area contributed by atoms with Gasteiger partial charge in [-0.2, -0.15) is 5.10 Å². The van der Waals surface area contributed by atoms with Gasteiger partial charge in [0, 0.05) is 24.9 Å². The fourth-order valence-corrected chi connectivity index (χ4v) is 3.81. The number of aromatic amines is 1. The fraction of sp³-hybridized carbons (Fsp3) is 0.222. The van der Waals surface area contributed by atoms with Gasteiger partial charge in [0.2, 0.25) is 5.91 Å². The smallest absolute Gasteiger partial charge is 0.272 e. The van der Waals surface area contributed by atoms with Crippen molar-refractivity contribution in [1.29, 1.82) is 0 Å². The lowest BCUT2D eigenvalue weighted by Gasteiger charge is -2.09. The third-order valence-corrected chi connectivity index (χ3v) is 5.66. The molecule has 7 heteroatoms. The maximum absolute atomic E-state index is 12.3. The highest BCUT2D eigenvalue weighted by atomic mass is 16.5. The van der Waals surface area contributed by atoms with Crippen molar-refractivity contribution in [3.05, 3.63) is 88.7 Å². The number of aromatic nitrogens is 2. The van der Waals surface area contributed by atoms with Crippen LogP contribution in [0.2, 0.25) is 0 Å². The first kappa shape index (κ1) is 23.0. The minimum atomic E-state index is -0.206. The van der Waals surface area contributed by atoms with Gasteiger partial charge in [0.25, 0.3) is 5.56 Å². The summed E-state index contributed by atoms with van der Waals surface area (Å²) in [6.07, 6.45) is 1.86. The summed E-state index contributed by atoms with van der Waals surface area (Å²) in [6.45, 7) is 1.20. The molecule has 4 rings (SSSR count). The number of H-pyrrole nitrogens is 1. The van der Waals surface area contributed by atoms with Crippen molar-refractivity contribution in [2.24, 2.45) is 0 Å². The van der Waals surface area contributed by atoms with Crippen LogP contribution in [0, 0.1) is 0 Å². The number of aryl methyl sites for hydroxylation is 1. The lowest BCUT2D eigenvalue weighted by molar-refractivity contribution is -0.121. The molecule has 0 radical (unpaired) electrons. The van der Waals surface area contributed by atoms with E-state index in [4.69, 9.17) is 4.74 Å². The van der Waals surface area contributed by atoms with Gasteiger partial charge in [-0.1, -0.05) is 54.6 Å². The standard InChI is InChI=1S/C27H28N4O3/c1-34-22-13-11-20(12-14-22)21-7-4-6-19(18-21)10-15-25(32)28-16-5-17-29-26-23-8-2-3-9-24(23)27(33)31-30-26/h2-4,6-9,11-14,18H,5,10,15-17H2,1H3,(H,28,32)(H,29,30)(H,31,33). The number of hydrogen-bond acceptors (Lipinski definition) is 5. The molecule has 3 N–H and O–H groups in total. The molecular weight excluding hydrogens is 428 g/mol. The van der Waals surface area contributed by atoms with Crippen molar-refractivity contribution in [2.45, 2.75) is 19.3 Å². The number of nitrogens with one attached hydrogen (secondary N) is 3. The first-order valence-electron chi connectivity index (χ1n) is 11.4. The third kappa shape index (κ3) is 5.81. The van der Waals surface area contributed by atoms with Crippen LogP contribution in [0.4, 0.5) is 5.82 Å². The normalized spacial score (nSPS) is 10.7. The molecule has 0 aliphatic heterocycles. The van der Waals surface area contributed by atoms with Crippen molar-refractivity contribution < 1.29 is 9.53 Å². The molecule has 0 aliphatic rings. The number of hydrogen-bond donors (Lipinski definition) is 3. The molecule has 0 atom stereocenters. The number of nitrogens with zero attached hydrogens (tertiary/aromatic N) is 1. The summed E-state index contributed by atoms with van der Waals surface area (Å²) < 4.78 is 5.22. The average Bonchev–Trinajstić information content (AvgIpc) is 2.89. The summed E-state index contributed by atoms with van der Waals surface area (Å²) in [6, 6.07) is 23.6. The highest BCUT2D eigenvalue weighted by molar-refractivity contribution is 5.90. The van der Waals surface area contributed by atoms with E-state index in [0.29, 0.717) is 37.1 Å². The molecule has 3 aromatic carbocycles. The Morgan fingerprint density at radius 3 is 2.53 bits per heavy atom. The van der Waals surface area contributed by atoms with Gasteiger partial charge in [-0.25, -0.2) is 5.10 Å². The summed E-state index contributed by atoms with van der Waals surface area (Å²) in [4.78, 5) is 24.2. The van der Waals surface area contributed by atoms with Crippen LogP contribution < -0.4 is 20.9 Å². The Balaban J connectivity index is 1.21. The van der Waals surface area contributed by atoms with Gasteiger partial charge in [0.15, 0.2) is 5.82 Å². The van der Waals surface area contributed by atoms with E-state index in [0.717, 1.165) is 34.2 Å². The number of carbonyl (C=O) groups is 1. The molecule has 34 heavy (non-hydrogen) atoms. The highest BCUT2D eigenvalue weighted by Gasteiger charge is 2.06. The van der Waals surface area contributed by atoms with Crippen LogP contribution in [0.5, 0.6) is 5.75 Å². The van der Waals surface area contributed by atoms with Gasteiger partial charge < -0.3 is 15.4 Å². The van der Waals surface area contributed by atoms with E-state index in [1.807, 2.05) is 54.6 Å². The number of rotatable bonds is 10. The molecule has 0 aliphatic carbocycles. The maximum Gasteiger partial charge on any atom is 0.272 e. The lowest BCUT2D eigenvalue weighted by atomic mass is 10.0. The van der Waals surface area contributed by atoms with E-state index in [9.17, 15) is 9.59 Å². The molecule has 0 saturated carbocycles. The van der Waals surface area contributed by atoms with E-state index in [2.05, 4.69) is 33.0 Å². The van der Waals surface area contributed by atoms with Crippen LogP contribution in [-0.2, 0) is 11.2 Å². The van der Waals surface area contributed by atoms with Gasteiger partial charge in [0.05, 0.1) is 12.5 Å². The largest absolute Gasteiger partial charge is 0.497 e. The first-order chi connectivity index (χ1) is 16.6. The zero-order chi connectivity index (χ0) is 23.8. The molecule has 1 aromatic heterocycles. The molecule has 0 fully saturated rings. The Hall–Kier alpha value is -4.13. The number of anilines is 1. The van der Waals surface area contributed by atoms with Crippen molar-refractivity contribution in [3.63, 3.8) is 0 Å². The average molecular weight is 457 g/mol. The summed E-state index contributed by atoms with van der Waals surface area (Å²) in [5, 5.41) is 14.2. The lowest BCUT2D eigenvalue weighted by Crippen LogP contribution is -2.26. The molecule has 4 aromatic rings. The fourth-order valence-electron chi connectivity index (χ4n) is 3.81. The highest BCUT2D eigenvalue weighted by Crippen LogP contribution is 2.23. The van der Waals surface area contributed by atoms with Crippen LogP contribution in [0.25, 0.3) is 21.9 Å². The molecule has 0 unspecified atom stereocenters. The molecule has 0 saturated heterocycles. The van der Waals surface area contributed by atoms with E-state index >= 15 is 0 Å². The van der Waals surface area contributed by atoms with E-state index in [1.54, 1.807) is 13.2 Å². The number of carbonyl (C=O) groups excluding carboxylic acids is 1. The Morgan fingerprint density at radius 1 is 0.941 bits per heavy atom. The van der Waals surface area contributed by atoms with Crippen molar-refractivity contribution in [2.75, 3.05) is 25.5 Å². The van der Waals surface area contributed by atoms with Gasteiger partial charge in [-0.3, -0.25) is 9.59 Å². The molecule has 1 heterocycles. The van der Waals surface area contributed by atoms with E-state index in [1.165, 1.54) is 0 Å². The van der Waals surface area contributed by atoms with Crippen molar-refractivity contribution in [3.8, 4) is 16.9 Å². The Morgan fingerprint density at radius 2 is 1.74 bits per heavy atom.